The molecule has 1 heterocycles. The fourth-order valence-electron chi connectivity index (χ4n) is 3.25. The summed E-state index contributed by atoms with van der Waals surface area (Å²) in [6.07, 6.45) is 3.43. The highest BCUT2D eigenvalue weighted by Crippen LogP contribution is 2.26. The third-order valence-electron chi connectivity index (χ3n) is 4.88. The van der Waals surface area contributed by atoms with Crippen molar-refractivity contribution in [3.63, 3.8) is 0 Å². The van der Waals surface area contributed by atoms with Gasteiger partial charge in [0.25, 0.3) is 0 Å². The number of rotatable bonds is 8. The minimum absolute atomic E-state index is 0.332. The zero-order valence-electron chi connectivity index (χ0n) is 18.2. The minimum atomic E-state index is 0.332. The molecule has 4 aromatic rings. The maximum atomic E-state index is 6.08. The highest BCUT2D eigenvalue weighted by Gasteiger charge is 2.08. The first-order valence-electron chi connectivity index (χ1n) is 10.4. The Morgan fingerprint density at radius 2 is 1.85 bits per heavy atom. The molecule has 6 nitrogen and oxygen atoms in total. The van der Waals surface area contributed by atoms with Crippen molar-refractivity contribution in [2.75, 3.05) is 7.11 Å². The van der Waals surface area contributed by atoms with Gasteiger partial charge in [-0.2, -0.15) is 5.10 Å². The van der Waals surface area contributed by atoms with Crippen LogP contribution in [0.4, 0.5) is 0 Å². The Balaban J connectivity index is 1.42. The van der Waals surface area contributed by atoms with E-state index in [9.17, 15) is 0 Å². The SMILES string of the molecule is COc1ccc(C=NN=C(N)SCc2ccccc2)cc1COc1cccc2cccnc12. The summed E-state index contributed by atoms with van der Waals surface area (Å²) in [5, 5.41) is 9.67. The van der Waals surface area contributed by atoms with Crippen LogP contribution in [-0.4, -0.2) is 23.5 Å². The highest BCUT2D eigenvalue weighted by molar-refractivity contribution is 8.13. The zero-order chi connectivity index (χ0) is 22.9. The standard InChI is InChI=1S/C26H24N4O2S/c1-31-23-13-12-20(16-29-30-26(27)33-18-19-7-3-2-4-8-19)15-22(23)17-32-24-11-5-9-21-10-6-14-28-25(21)24/h2-16H,17-18H2,1H3,(H2,27,30). The molecule has 0 aliphatic carbocycles. The van der Waals surface area contributed by atoms with E-state index in [1.807, 2.05) is 66.7 Å². The molecule has 2 N–H and O–H groups in total. The molecule has 3 aromatic carbocycles. The van der Waals surface area contributed by atoms with Gasteiger partial charge in [0, 0.05) is 22.9 Å². The second-order valence-electron chi connectivity index (χ2n) is 7.15. The van der Waals surface area contributed by atoms with Crippen LogP contribution in [-0.2, 0) is 12.4 Å². The van der Waals surface area contributed by atoms with Gasteiger partial charge in [-0.15, -0.1) is 5.10 Å². The molecule has 0 spiro atoms. The van der Waals surface area contributed by atoms with Crippen molar-refractivity contribution >= 4 is 34.0 Å². The lowest BCUT2D eigenvalue weighted by molar-refractivity contribution is 0.299. The number of aromatic nitrogens is 1. The van der Waals surface area contributed by atoms with Crippen LogP contribution < -0.4 is 15.2 Å². The fourth-order valence-corrected chi connectivity index (χ4v) is 3.86. The van der Waals surface area contributed by atoms with Crippen LogP contribution in [0.15, 0.2) is 95.3 Å². The molecule has 0 atom stereocenters. The molecule has 0 aliphatic rings. The van der Waals surface area contributed by atoms with Crippen LogP contribution in [0.2, 0.25) is 0 Å². The zero-order valence-corrected chi connectivity index (χ0v) is 19.0. The van der Waals surface area contributed by atoms with Gasteiger partial charge in [-0.25, -0.2) is 0 Å². The lowest BCUT2D eigenvalue weighted by Gasteiger charge is -2.12. The molecule has 0 unspecified atom stereocenters. The van der Waals surface area contributed by atoms with Gasteiger partial charge in [0.15, 0.2) is 5.17 Å². The summed E-state index contributed by atoms with van der Waals surface area (Å²) >= 11 is 1.45. The maximum absolute atomic E-state index is 6.08. The van der Waals surface area contributed by atoms with Gasteiger partial charge in [0.05, 0.1) is 13.3 Å². The van der Waals surface area contributed by atoms with E-state index >= 15 is 0 Å². The van der Waals surface area contributed by atoms with Crippen molar-refractivity contribution in [2.24, 2.45) is 15.9 Å². The molecule has 0 bridgehead atoms. The predicted octanol–water partition coefficient (Wildman–Crippen LogP) is 5.40. The van der Waals surface area contributed by atoms with Crippen molar-refractivity contribution in [1.82, 2.24) is 4.98 Å². The van der Waals surface area contributed by atoms with Crippen molar-refractivity contribution in [2.45, 2.75) is 12.4 Å². The summed E-state index contributed by atoms with van der Waals surface area (Å²) < 4.78 is 11.6. The van der Waals surface area contributed by atoms with E-state index in [1.54, 1.807) is 19.5 Å². The molecule has 1 aromatic heterocycles. The van der Waals surface area contributed by atoms with E-state index in [1.165, 1.54) is 17.3 Å². The molecule has 0 saturated carbocycles. The van der Waals surface area contributed by atoms with Crippen LogP contribution in [0.3, 0.4) is 0 Å². The van der Waals surface area contributed by atoms with Gasteiger partial charge >= 0.3 is 0 Å². The summed E-state index contributed by atoms with van der Waals surface area (Å²) in [4.78, 5) is 4.44. The Kier molecular flexibility index (Phi) is 7.56. The third kappa shape index (κ3) is 6.11. The number of pyridine rings is 1. The quantitative estimate of drug-likeness (QED) is 0.218. The first-order valence-corrected chi connectivity index (χ1v) is 11.4. The van der Waals surface area contributed by atoms with E-state index in [0.717, 1.165) is 39.3 Å². The number of hydrogen-bond acceptors (Lipinski definition) is 6. The van der Waals surface area contributed by atoms with E-state index in [-0.39, 0.29) is 0 Å². The van der Waals surface area contributed by atoms with Gasteiger partial charge < -0.3 is 15.2 Å². The lowest BCUT2D eigenvalue weighted by Crippen LogP contribution is -2.06. The van der Waals surface area contributed by atoms with Crippen molar-refractivity contribution in [3.05, 3.63) is 102 Å². The minimum Gasteiger partial charge on any atom is -0.496 e. The molecule has 0 saturated heterocycles. The Morgan fingerprint density at radius 3 is 2.70 bits per heavy atom. The second kappa shape index (κ2) is 11.2. The number of benzene rings is 3. The molecule has 0 fully saturated rings. The van der Waals surface area contributed by atoms with Gasteiger partial charge in [-0.3, -0.25) is 4.98 Å². The Hall–Kier alpha value is -3.84. The molecule has 4 rings (SSSR count). The number of para-hydroxylation sites is 1. The highest BCUT2D eigenvalue weighted by atomic mass is 32.2. The van der Waals surface area contributed by atoms with Gasteiger partial charge in [0.1, 0.15) is 23.6 Å². The predicted molar refractivity (Wildman–Crippen MR) is 136 cm³/mol. The Labute approximate surface area is 197 Å². The van der Waals surface area contributed by atoms with Crippen LogP contribution in [0.1, 0.15) is 16.7 Å². The van der Waals surface area contributed by atoms with E-state index < -0.39 is 0 Å². The van der Waals surface area contributed by atoms with Crippen molar-refractivity contribution in [1.29, 1.82) is 0 Å². The molecule has 7 heteroatoms. The van der Waals surface area contributed by atoms with E-state index in [0.29, 0.717) is 11.8 Å². The van der Waals surface area contributed by atoms with E-state index in [4.69, 9.17) is 15.2 Å². The first-order chi connectivity index (χ1) is 16.2. The second-order valence-corrected chi connectivity index (χ2v) is 8.14. The largest absolute Gasteiger partial charge is 0.496 e. The molecule has 0 aliphatic heterocycles. The average Bonchev–Trinajstić information content (AvgIpc) is 2.87. The molecule has 0 amide bonds. The molecule has 0 radical (unpaired) electrons. The summed E-state index contributed by atoms with van der Waals surface area (Å²) in [5.41, 5.74) is 9.75. The van der Waals surface area contributed by atoms with Gasteiger partial charge in [-0.05, 0) is 41.5 Å². The van der Waals surface area contributed by atoms with Gasteiger partial charge in [0.2, 0.25) is 0 Å². The lowest BCUT2D eigenvalue weighted by atomic mass is 10.1. The summed E-state index contributed by atoms with van der Waals surface area (Å²) in [5.74, 6) is 2.21. The van der Waals surface area contributed by atoms with Crippen LogP contribution in [0.5, 0.6) is 11.5 Å². The van der Waals surface area contributed by atoms with Crippen molar-refractivity contribution in [3.8, 4) is 11.5 Å². The number of ether oxygens (including phenoxy) is 2. The Bertz CT molecular complexity index is 1270. The third-order valence-corrected chi connectivity index (χ3v) is 5.73. The van der Waals surface area contributed by atoms with Gasteiger partial charge in [-0.1, -0.05) is 60.3 Å². The summed E-state index contributed by atoms with van der Waals surface area (Å²) in [6.45, 7) is 0.332. The monoisotopic (exact) mass is 456 g/mol. The number of hydrogen-bond donors (Lipinski definition) is 1. The van der Waals surface area contributed by atoms with Crippen LogP contribution in [0, 0.1) is 0 Å². The number of fused-ring (bicyclic) bond motifs is 1. The number of thioether (sulfide) groups is 1. The number of nitrogens with two attached hydrogens (primary N) is 1. The molecule has 166 valence electrons. The Morgan fingerprint density at radius 1 is 1.00 bits per heavy atom. The number of amidine groups is 1. The van der Waals surface area contributed by atoms with Crippen LogP contribution in [0.25, 0.3) is 10.9 Å². The fraction of sp³-hybridized carbons (Fsp3) is 0.115. The molecular weight excluding hydrogens is 432 g/mol. The normalized spacial score (nSPS) is 11.7. The number of nitrogens with zero attached hydrogens (tertiary/aromatic N) is 3. The first kappa shape index (κ1) is 22.4. The number of methoxy groups -OCH3 is 1. The van der Waals surface area contributed by atoms with Crippen LogP contribution >= 0.6 is 11.8 Å². The maximum Gasteiger partial charge on any atom is 0.180 e. The average molecular weight is 457 g/mol. The van der Waals surface area contributed by atoms with Crippen molar-refractivity contribution < 1.29 is 9.47 Å². The smallest absolute Gasteiger partial charge is 0.180 e. The molecule has 33 heavy (non-hydrogen) atoms. The van der Waals surface area contributed by atoms with E-state index in [2.05, 4.69) is 27.3 Å². The molecular formula is C26H24N4O2S. The summed E-state index contributed by atoms with van der Waals surface area (Å²) in [6, 6.07) is 25.7. The summed E-state index contributed by atoms with van der Waals surface area (Å²) in [7, 11) is 1.64. The topological polar surface area (TPSA) is 82.1 Å².